The van der Waals surface area contributed by atoms with Gasteiger partial charge in [-0.15, -0.1) is 10.2 Å². The molecule has 0 saturated carbocycles. The van der Waals surface area contributed by atoms with Crippen molar-refractivity contribution < 1.29 is 9.21 Å². The molecule has 21 heavy (non-hydrogen) atoms. The van der Waals surface area contributed by atoms with Crippen LogP contribution in [0.3, 0.4) is 0 Å². The molecule has 0 spiro atoms. The minimum atomic E-state index is -0.407. The first-order valence-corrected chi connectivity index (χ1v) is 6.10. The smallest absolute Gasteiger partial charge is 0.272 e. The van der Waals surface area contributed by atoms with Crippen LogP contribution in [0.2, 0.25) is 0 Å². The predicted molar refractivity (Wildman–Crippen MR) is 74.7 cm³/mol. The molecule has 3 aromatic rings. The number of benzene rings is 1. The predicted octanol–water partition coefficient (Wildman–Crippen LogP) is 1.68. The van der Waals surface area contributed by atoms with Gasteiger partial charge in [-0.25, -0.2) is 0 Å². The topological polar surface area (TPSA) is 101 Å². The number of carbonyl (C=O) groups excluding carboxylic acids is 1. The average molecular weight is 282 g/mol. The van der Waals surface area contributed by atoms with E-state index < -0.39 is 5.91 Å². The molecule has 2 heterocycles. The molecule has 7 nitrogen and oxygen atoms in total. The molecule has 2 aromatic heterocycles. The highest BCUT2D eigenvalue weighted by molar-refractivity contribution is 6.03. The first-order chi connectivity index (χ1) is 10.2. The van der Waals surface area contributed by atoms with Crippen molar-refractivity contribution in [1.29, 1.82) is 0 Å². The number of pyridine rings is 1. The minimum absolute atomic E-state index is 0.186. The maximum absolute atomic E-state index is 12.0. The van der Waals surface area contributed by atoms with Gasteiger partial charge in [0.1, 0.15) is 5.69 Å². The number of hydrogen-bond donors (Lipinski definition) is 2. The van der Waals surface area contributed by atoms with E-state index in [1.807, 2.05) is 0 Å². The monoisotopic (exact) mass is 282 g/mol. The number of rotatable bonds is 3. The second-order valence-electron chi connectivity index (χ2n) is 4.21. The van der Waals surface area contributed by atoms with Gasteiger partial charge in [0.25, 0.3) is 5.91 Å². The van der Waals surface area contributed by atoms with Gasteiger partial charge in [-0.3, -0.25) is 9.59 Å². The van der Waals surface area contributed by atoms with Crippen LogP contribution in [0.1, 0.15) is 10.5 Å². The van der Waals surface area contributed by atoms with Crippen molar-refractivity contribution in [3.8, 4) is 11.5 Å². The van der Waals surface area contributed by atoms with E-state index in [0.29, 0.717) is 17.1 Å². The molecule has 0 unspecified atom stereocenters. The summed E-state index contributed by atoms with van der Waals surface area (Å²) in [6, 6.07) is 11.3. The summed E-state index contributed by atoms with van der Waals surface area (Å²) in [4.78, 5) is 25.7. The number of hydrogen-bond acceptors (Lipinski definition) is 5. The Morgan fingerprint density at radius 1 is 1.19 bits per heavy atom. The maximum Gasteiger partial charge on any atom is 0.272 e. The van der Waals surface area contributed by atoms with Crippen molar-refractivity contribution >= 4 is 11.6 Å². The van der Waals surface area contributed by atoms with Gasteiger partial charge in [0, 0.05) is 17.3 Å². The number of carbonyl (C=O) groups is 1. The van der Waals surface area contributed by atoms with E-state index in [9.17, 15) is 9.59 Å². The second kappa shape index (κ2) is 5.41. The van der Waals surface area contributed by atoms with E-state index in [0.717, 1.165) is 0 Å². The van der Waals surface area contributed by atoms with Crippen LogP contribution in [-0.4, -0.2) is 21.1 Å². The number of nitrogens with one attached hydrogen (secondary N) is 2. The fourth-order valence-corrected chi connectivity index (χ4v) is 1.81. The summed E-state index contributed by atoms with van der Waals surface area (Å²) in [6.45, 7) is 0. The van der Waals surface area contributed by atoms with Gasteiger partial charge in [-0.1, -0.05) is 12.1 Å². The molecule has 2 N–H and O–H groups in total. The lowest BCUT2D eigenvalue weighted by molar-refractivity contribution is 0.102. The summed E-state index contributed by atoms with van der Waals surface area (Å²) in [5.41, 5.74) is 1.10. The number of aromatic amines is 1. The number of aromatic nitrogens is 3. The normalized spacial score (nSPS) is 10.3. The van der Waals surface area contributed by atoms with Gasteiger partial charge in [0.15, 0.2) is 0 Å². The Bertz CT molecular complexity index is 824. The molecule has 0 bridgehead atoms. The fourth-order valence-electron chi connectivity index (χ4n) is 1.81. The highest BCUT2D eigenvalue weighted by Gasteiger charge is 2.09. The lowest BCUT2D eigenvalue weighted by Crippen LogP contribution is -2.17. The number of H-pyrrole nitrogens is 1. The largest absolute Gasteiger partial charge is 0.423 e. The molecule has 1 aromatic carbocycles. The van der Waals surface area contributed by atoms with Crippen LogP contribution in [-0.2, 0) is 0 Å². The molecule has 7 heteroatoms. The molecule has 1 amide bonds. The first-order valence-electron chi connectivity index (χ1n) is 6.10. The molecule has 0 atom stereocenters. The quantitative estimate of drug-likeness (QED) is 0.761. The van der Waals surface area contributed by atoms with Gasteiger partial charge in [-0.05, 0) is 24.3 Å². The van der Waals surface area contributed by atoms with E-state index in [2.05, 4.69) is 20.5 Å². The number of nitrogens with zero attached hydrogens (tertiary/aromatic N) is 2. The molecule has 0 aliphatic heterocycles. The zero-order valence-corrected chi connectivity index (χ0v) is 10.7. The van der Waals surface area contributed by atoms with Crippen LogP contribution >= 0.6 is 0 Å². The standard InChI is InChI=1S/C14H10N4O3/c19-12-6-2-5-11(17-12)13(20)16-10-4-1-3-9(7-10)14-18-15-8-21-14/h1-8H,(H,16,20)(H,17,19). The average Bonchev–Trinajstić information content (AvgIpc) is 3.02. The summed E-state index contributed by atoms with van der Waals surface area (Å²) >= 11 is 0. The summed E-state index contributed by atoms with van der Waals surface area (Å²) in [5.74, 6) is -0.0467. The van der Waals surface area contributed by atoms with E-state index in [1.165, 1.54) is 24.6 Å². The lowest BCUT2D eigenvalue weighted by atomic mass is 10.2. The maximum atomic E-state index is 12.0. The van der Waals surface area contributed by atoms with Gasteiger partial charge in [-0.2, -0.15) is 0 Å². The molecule has 0 fully saturated rings. The van der Waals surface area contributed by atoms with Crippen LogP contribution in [0.15, 0.2) is 58.1 Å². The van der Waals surface area contributed by atoms with Gasteiger partial charge >= 0.3 is 0 Å². The Balaban J connectivity index is 1.84. The van der Waals surface area contributed by atoms with Crippen LogP contribution in [0, 0.1) is 0 Å². The fraction of sp³-hybridized carbons (Fsp3) is 0. The van der Waals surface area contributed by atoms with Crippen LogP contribution in [0.4, 0.5) is 5.69 Å². The van der Waals surface area contributed by atoms with E-state index in [4.69, 9.17) is 4.42 Å². The van der Waals surface area contributed by atoms with E-state index in [1.54, 1.807) is 24.3 Å². The number of anilines is 1. The SMILES string of the molecule is O=C(Nc1cccc(-c2nnco2)c1)c1cccc(=O)[nH]1. The third-order valence-electron chi connectivity index (χ3n) is 2.74. The molecular formula is C14H10N4O3. The van der Waals surface area contributed by atoms with Crippen molar-refractivity contribution in [1.82, 2.24) is 15.2 Å². The highest BCUT2D eigenvalue weighted by atomic mass is 16.4. The van der Waals surface area contributed by atoms with Gasteiger partial charge in [0.05, 0.1) is 0 Å². The van der Waals surface area contributed by atoms with Gasteiger partial charge in [0.2, 0.25) is 17.8 Å². The summed E-state index contributed by atoms with van der Waals surface area (Å²) in [6.07, 6.45) is 1.23. The van der Waals surface area contributed by atoms with E-state index >= 15 is 0 Å². The van der Waals surface area contributed by atoms with Crippen molar-refractivity contribution in [3.63, 3.8) is 0 Å². The third kappa shape index (κ3) is 2.86. The molecule has 0 saturated heterocycles. The van der Waals surface area contributed by atoms with Gasteiger partial charge < -0.3 is 14.7 Å². The zero-order valence-electron chi connectivity index (χ0n) is 10.7. The Morgan fingerprint density at radius 2 is 2.05 bits per heavy atom. The molecule has 0 radical (unpaired) electrons. The van der Waals surface area contributed by atoms with Crippen LogP contribution in [0.25, 0.3) is 11.5 Å². The van der Waals surface area contributed by atoms with Crippen molar-refractivity contribution in [3.05, 3.63) is 64.9 Å². The Hall–Kier alpha value is -3.22. The molecule has 104 valence electrons. The van der Waals surface area contributed by atoms with Crippen molar-refractivity contribution in [2.45, 2.75) is 0 Å². The lowest BCUT2D eigenvalue weighted by Gasteiger charge is -2.05. The molecular weight excluding hydrogens is 272 g/mol. The molecule has 0 aliphatic rings. The van der Waals surface area contributed by atoms with Crippen LogP contribution < -0.4 is 10.9 Å². The summed E-state index contributed by atoms with van der Waals surface area (Å²) in [7, 11) is 0. The second-order valence-corrected chi connectivity index (χ2v) is 4.21. The molecule has 3 rings (SSSR count). The van der Waals surface area contributed by atoms with E-state index in [-0.39, 0.29) is 11.3 Å². The minimum Gasteiger partial charge on any atom is -0.423 e. The zero-order chi connectivity index (χ0) is 14.7. The van der Waals surface area contributed by atoms with Crippen molar-refractivity contribution in [2.24, 2.45) is 0 Å². The molecule has 0 aliphatic carbocycles. The number of amides is 1. The first kappa shape index (κ1) is 12.8. The highest BCUT2D eigenvalue weighted by Crippen LogP contribution is 2.20. The summed E-state index contributed by atoms with van der Waals surface area (Å²) in [5, 5.41) is 10.1. The Kier molecular flexibility index (Phi) is 3.30. The Morgan fingerprint density at radius 3 is 2.81 bits per heavy atom. The summed E-state index contributed by atoms with van der Waals surface area (Å²) < 4.78 is 5.10. The van der Waals surface area contributed by atoms with Crippen LogP contribution in [0.5, 0.6) is 0 Å². The Labute approximate surface area is 118 Å². The van der Waals surface area contributed by atoms with Crippen molar-refractivity contribution in [2.75, 3.05) is 5.32 Å². The third-order valence-corrected chi connectivity index (χ3v) is 2.74.